The Morgan fingerprint density at radius 2 is 1.93 bits per heavy atom. The van der Waals surface area contributed by atoms with Crippen LogP contribution in [0.1, 0.15) is 42.8 Å². The van der Waals surface area contributed by atoms with Gasteiger partial charge < -0.3 is 14.5 Å². The summed E-state index contributed by atoms with van der Waals surface area (Å²) in [6.07, 6.45) is 0.829. The fourth-order valence-electron chi connectivity index (χ4n) is 3.91. The lowest BCUT2D eigenvalue weighted by atomic mass is 9.93. The third-order valence-electron chi connectivity index (χ3n) is 5.28. The molecule has 1 aliphatic rings. The van der Waals surface area contributed by atoms with Gasteiger partial charge in [0.1, 0.15) is 11.1 Å². The molecule has 0 N–H and O–H groups in total. The van der Waals surface area contributed by atoms with Gasteiger partial charge in [-0.05, 0) is 54.0 Å². The number of alkyl halides is 1. The Labute approximate surface area is 187 Å². The zero-order chi connectivity index (χ0) is 21.8. The predicted octanol–water partition coefficient (Wildman–Crippen LogP) is 4.34. The molecular formula is C23H29ClN2O3S. The second-order valence-corrected chi connectivity index (χ2v) is 9.70. The number of thiophene rings is 1. The first kappa shape index (κ1) is 22.6. The third kappa shape index (κ3) is 4.98. The van der Waals surface area contributed by atoms with Gasteiger partial charge in [-0.15, -0.1) is 22.9 Å². The third-order valence-corrected chi connectivity index (χ3v) is 6.46. The molecule has 0 radical (unpaired) electrons. The summed E-state index contributed by atoms with van der Waals surface area (Å²) >= 11 is 7.79. The lowest BCUT2D eigenvalue weighted by Gasteiger charge is -2.38. The van der Waals surface area contributed by atoms with E-state index in [-0.39, 0.29) is 30.3 Å². The van der Waals surface area contributed by atoms with E-state index in [0.29, 0.717) is 13.1 Å². The Balaban J connectivity index is 1.89. The molecule has 2 heterocycles. The number of carbonyl (C=O) groups is 2. The van der Waals surface area contributed by atoms with Gasteiger partial charge in [-0.25, -0.2) is 0 Å². The summed E-state index contributed by atoms with van der Waals surface area (Å²) in [4.78, 5) is 30.8. The summed E-state index contributed by atoms with van der Waals surface area (Å²) in [7, 11) is 1.64. The summed E-state index contributed by atoms with van der Waals surface area (Å²) in [5, 5.41) is 1.43. The van der Waals surface area contributed by atoms with Crippen molar-refractivity contribution >= 4 is 34.8 Å². The molecule has 0 bridgehead atoms. The van der Waals surface area contributed by atoms with Gasteiger partial charge in [-0.3, -0.25) is 9.59 Å². The number of halogens is 1. The van der Waals surface area contributed by atoms with Crippen LogP contribution >= 0.6 is 22.9 Å². The highest BCUT2D eigenvalue weighted by molar-refractivity contribution is 7.10. The molecule has 3 rings (SSSR count). The molecule has 1 aromatic heterocycles. The first-order chi connectivity index (χ1) is 14.3. The van der Waals surface area contributed by atoms with E-state index in [4.69, 9.17) is 16.3 Å². The summed E-state index contributed by atoms with van der Waals surface area (Å²) in [5.74, 6) is 0.772. The maximum absolute atomic E-state index is 13.4. The Hall–Kier alpha value is -2.05. The second-order valence-electron chi connectivity index (χ2n) is 8.04. The summed E-state index contributed by atoms with van der Waals surface area (Å²) in [6, 6.07) is 9.79. The number of hydrogen-bond donors (Lipinski definition) is 0. The van der Waals surface area contributed by atoms with E-state index in [1.54, 1.807) is 30.3 Å². The molecule has 162 valence electrons. The normalized spacial score (nSPS) is 16.9. The minimum atomic E-state index is -0.654. The molecule has 30 heavy (non-hydrogen) atoms. The number of carbonyl (C=O) groups excluding carboxylic acids is 2. The van der Waals surface area contributed by atoms with Gasteiger partial charge in [0.05, 0.1) is 19.7 Å². The number of ether oxygens (including phenoxy) is 1. The lowest BCUT2D eigenvalue weighted by Crippen LogP contribution is -2.48. The van der Waals surface area contributed by atoms with Crippen LogP contribution in [0, 0.1) is 5.92 Å². The number of amides is 2. The van der Waals surface area contributed by atoms with Crippen LogP contribution in [0.25, 0.3) is 0 Å². The van der Waals surface area contributed by atoms with E-state index in [2.05, 4.69) is 11.4 Å². The minimum Gasteiger partial charge on any atom is -0.497 e. The maximum Gasteiger partial charge on any atom is 0.242 e. The molecule has 7 heteroatoms. The number of nitrogens with zero attached hydrogens (tertiary/aromatic N) is 2. The number of rotatable bonds is 7. The Morgan fingerprint density at radius 1 is 1.23 bits per heavy atom. The lowest BCUT2D eigenvalue weighted by molar-refractivity contribution is -0.141. The van der Waals surface area contributed by atoms with Gasteiger partial charge in [0.2, 0.25) is 11.8 Å². The summed E-state index contributed by atoms with van der Waals surface area (Å²) in [6.45, 7) is 6.89. The monoisotopic (exact) mass is 448 g/mol. The van der Waals surface area contributed by atoms with Crippen molar-refractivity contribution in [1.29, 1.82) is 0 Å². The molecule has 2 unspecified atom stereocenters. The fraction of sp³-hybridized carbons (Fsp3) is 0.478. The highest BCUT2D eigenvalue weighted by Gasteiger charge is 2.34. The van der Waals surface area contributed by atoms with Crippen LogP contribution in [-0.4, -0.2) is 53.7 Å². The van der Waals surface area contributed by atoms with Crippen molar-refractivity contribution in [2.24, 2.45) is 5.92 Å². The Morgan fingerprint density at radius 3 is 2.53 bits per heavy atom. The van der Waals surface area contributed by atoms with Gasteiger partial charge in [-0.2, -0.15) is 0 Å². The molecule has 5 nitrogen and oxygen atoms in total. The van der Waals surface area contributed by atoms with Gasteiger partial charge >= 0.3 is 0 Å². The largest absolute Gasteiger partial charge is 0.497 e. The van der Waals surface area contributed by atoms with E-state index >= 15 is 0 Å². The number of fused-ring (bicyclic) bond motifs is 1. The molecule has 1 aliphatic heterocycles. The van der Waals surface area contributed by atoms with Crippen molar-refractivity contribution in [3.63, 3.8) is 0 Å². The second kappa shape index (κ2) is 9.84. The van der Waals surface area contributed by atoms with Crippen LogP contribution in [0.15, 0.2) is 35.7 Å². The molecule has 0 saturated heterocycles. The quantitative estimate of drug-likeness (QED) is 0.592. The van der Waals surface area contributed by atoms with E-state index < -0.39 is 5.38 Å². The van der Waals surface area contributed by atoms with E-state index in [1.165, 1.54) is 4.88 Å². The maximum atomic E-state index is 13.4. The molecule has 0 aliphatic carbocycles. The smallest absolute Gasteiger partial charge is 0.242 e. The van der Waals surface area contributed by atoms with Crippen LogP contribution in [0.3, 0.4) is 0 Å². The van der Waals surface area contributed by atoms with Crippen molar-refractivity contribution < 1.29 is 14.3 Å². The average molecular weight is 449 g/mol. The molecule has 0 spiro atoms. The average Bonchev–Trinajstić information content (AvgIpc) is 3.20. The zero-order valence-corrected chi connectivity index (χ0v) is 19.5. The van der Waals surface area contributed by atoms with E-state index in [9.17, 15) is 9.59 Å². The van der Waals surface area contributed by atoms with Crippen LogP contribution in [0.2, 0.25) is 0 Å². The summed E-state index contributed by atoms with van der Waals surface area (Å²) < 4.78 is 5.29. The van der Waals surface area contributed by atoms with Crippen LogP contribution < -0.4 is 4.74 Å². The Bertz CT molecular complexity index is 879. The van der Waals surface area contributed by atoms with Crippen LogP contribution in [0.4, 0.5) is 0 Å². The highest BCUT2D eigenvalue weighted by atomic mass is 35.5. The van der Waals surface area contributed by atoms with Gasteiger partial charge in [0.25, 0.3) is 0 Å². The first-order valence-electron chi connectivity index (χ1n) is 10.2. The van der Waals surface area contributed by atoms with E-state index in [0.717, 1.165) is 23.3 Å². The predicted molar refractivity (Wildman–Crippen MR) is 121 cm³/mol. The first-order valence-corrected chi connectivity index (χ1v) is 11.6. The number of methoxy groups -OCH3 is 1. The summed E-state index contributed by atoms with van der Waals surface area (Å²) in [5.41, 5.74) is 2.20. The van der Waals surface area contributed by atoms with Crippen LogP contribution in [-0.2, 0) is 16.0 Å². The molecule has 0 saturated carbocycles. The van der Waals surface area contributed by atoms with Gasteiger partial charge in [0, 0.05) is 18.0 Å². The van der Waals surface area contributed by atoms with Crippen molar-refractivity contribution in [3.05, 3.63) is 51.7 Å². The zero-order valence-electron chi connectivity index (χ0n) is 17.9. The SMILES string of the molecule is COc1ccc(C2c3ccsc3CCN2C(=O)CN(CC(C)C)C(=O)C(C)Cl)cc1. The topological polar surface area (TPSA) is 49.9 Å². The number of hydrogen-bond acceptors (Lipinski definition) is 4. The molecular weight excluding hydrogens is 420 g/mol. The van der Waals surface area contributed by atoms with Gasteiger partial charge in [-0.1, -0.05) is 26.0 Å². The minimum absolute atomic E-state index is 0.0419. The Kier molecular flexibility index (Phi) is 7.42. The van der Waals surface area contributed by atoms with Crippen molar-refractivity contribution in [2.75, 3.05) is 26.7 Å². The van der Waals surface area contributed by atoms with Gasteiger partial charge in [0.15, 0.2) is 0 Å². The molecule has 1 aromatic carbocycles. The van der Waals surface area contributed by atoms with Crippen molar-refractivity contribution in [1.82, 2.24) is 9.80 Å². The van der Waals surface area contributed by atoms with Crippen molar-refractivity contribution in [2.45, 2.75) is 38.6 Å². The van der Waals surface area contributed by atoms with Crippen molar-refractivity contribution in [3.8, 4) is 5.75 Å². The van der Waals surface area contributed by atoms with E-state index in [1.807, 2.05) is 43.0 Å². The molecule has 2 aromatic rings. The number of benzene rings is 1. The molecule has 2 amide bonds. The fourth-order valence-corrected chi connectivity index (χ4v) is 4.95. The molecule has 0 fully saturated rings. The highest BCUT2D eigenvalue weighted by Crippen LogP contribution is 2.38. The molecule has 2 atom stereocenters. The van der Waals surface area contributed by atoms with Crippen LogP contribution in [0.5, 0.6) is 5.75 Å². The standard InChI is InChI=1S/C23H29ClN2O3S/c1-15(2)13-25(23(28)16(3)24)14-21(27)26-11-9-20-19(10-12-30-20)22(26)17-5-7-18(29-4)8-6-17/h5-8,10,12,15-16,22H,9,11,13-14H2,1-4H3.